The minimum Gasteiger partial charge on any atom is -0.377 e. The second kappa shape index (κ2) is 5.98. The van der Waals surface area contributed by atoms with Crippen molar-refractivity contribution in [3.8, 4) is 0 Å². The van der Waals surface area contributed by atoms with Gasteiger partial charge in [-0.25, -0.2) is 0 Å². The molecule has 0 aromatic heterocycles. The van der Waals surface area contributed by atoms with E-state index in [-0.39, 0.29) is 16.2 Å². The summed E-state index contributed by atoms with van der Waals surface area (Å²) in [5.74, 6) is 0. The maximum Gasteiger partial charge on any atom is 0.275 e. The number of rotatable bonds is 6. The second-order valence-corrected chi connectivity index (χ2v) is 5.79. The van der Waals surface area contributed by atoms with Crippen LogP contribution in [-0.2, 0) is 11.3 Å². The minimum atomic E-state index is -0.350. The largest absolute Gasteiger partial charge is 0.377 e. The predicted octanol–water partition coefficient (Wildman–Crippen LogP) is 3.02. The molecule has 1 aliphatic carbocycles. The minimum absolute atomic E-state index is 0.0653. The molecule has 2 rings (SSSR count). The molecule has 5 nitrogen and oxygen atoms in total. The van der Waals surface area contributed by atoms with Crippen LogP contribution in [0.2, 0.25) is 0 Å². The van der Waals surface area contributed by atoms with Crippen molar-refractivity contribution in [3.05, 3.63) is 38.3 Å². The number of nitrogens with one attached hydrogen (secondary N) is 1. The molecule has 0 aliphatic heterocycles. The lowest BCUT2D eigenvalue weighted by molar-refractivity contribution is -0.385. The summed E-state index contributed by atoms with van der Waals surface area (Å²) < 4.78 is 6.22. The number of benzene rings is 1. The van der Waals surface area contributed by atoms with Crippen LogP contribution in [0.1, 0.15) is 24.8 Å². The van der Waals surface area contributed by atoms with Crippen molar-refractivity contribution in [1.82, 2.24) is 5.32 Å². The molecular weight excluding hydrogens is 312 g/mol. The number of ether oxygens (including phenoxy) is 1. The number of nitrogens with zero attached hydrogens (tertiary/aromatic N) is 1. The average Bonchev–Trinajstić information content (AvgIpc) is 2.34. The molecule has 0 unspecified atom stereocenters. The van der Waals surface area contributed by atoms with Crippen LogP contribution in [0.15, 0.2) is 22.7 Å². The lowest BCUT2D eigenvalue weighted by Crippen LogP contribution is -2.47. The van der Waals surface area contributed by atoms with Gasteiger partial charge in [-0.05, 0) is 31.4 Å². The summed E-state index contributed by atoms with van der Waals surface area (Å²) in [4.78, 5) is 10.6. The van der Waals surface area contributed by atoms with Crippen LogP contribution in [0.25, 0.3) is 0 Å². The molecule has 19 heavy (non-hydrogen) atoms. The summed E-state index contributed by atoms with van der Waals surface area (Å²) >= 11 is 3.25. The summed E-state index contributed by atoms with van der Waals surface area (Å²) in [6, 6.07) is 5.13. The fourth-order valence-electron chi connectivity index (χ4n) is 2.31. The zero-order chi connectivity index (χ0) is 13.9. The Morgan fingerprint density at radius 2 is 2.26 bits per heavy atom. The Labute approximate surface area is 120 Å². The summed E-state index contributed by atoms with van der Waals surface area (Å²) in [6.45, 7) is 1.21. The van der Waals surface area contributed by atoms with Gasteiger partial charge in [0, 0.05) is 36.3 Å². The van der Waals surface area contributed by atoms with E-state index in [1.165, 1.54) is 12.5 Å². The topological polar surface area (TPSA) is 64.4 Å². The van der Waals surface area contributed by atoms with E-state index < -0.39 is 0 Å². The van der Waals surface area contributed by atoms with E-state index in [9.17, 15) is 10.1 Å². The van der Waals surface area contributed by atoms with Crippen molar-refractivity contribution in [2.24, 2.45) is 0 Å². The fourth-order valence-corrected chi connectivity index (χ4v) is 2.65. The van der Waals surface area contributed by atoms with Gasteiger partial charge >= 0.3 is 0 Å². The number of methoxy groups -OCH3 is 1. The van der Waals surface area contributed by atoms with E-state index in [0.717, 1.165) is 23.9 Å². The average molecular weight is 329 g/mol. The molecule has 1 aliphatic rings. The molecule has 0 spiro atoms. The summed E-state index contributed by atoms with van der Waals surface area (Å²) in [6.07, 6.45) is 3.30. The smallest absolute Gasteiger partial charge is 0.275 e. The fraction of sp³-hybridized carbons (Fsp3) is 0.538. The quantitative estimate of drug-likeness (QED) is 0.644. The summed E-state index contributed by atoms with van der Waals surface area (Å²) in [7, 11) is 1.73. The van der Waals surface area contributed by atoms with Gasteiger partial charge < -0.3 is 10.1 Å². The van der Waals surface area contributed by atoms with Gasteiger partial charge in [-0.1, -0.05) is 15.9 Å². The Morgan fingerprint density at radius 3 is 2.79 bits per heavy atom. The first-order chi connectivity index (χ1) is 9.06. The molecule has 0 radical (unpaired) electrons. The zero-order valence-electron chi connectivity index (χ0n) is 10.8. The first-order valence-electron chi connectivity index (χ1n) is 6.25. The first kappa shape index (κ1) is 14.4. The number of halogens is 1. The van der Waals surface area contributed by atoms with Gasteiger partial charge in [-0.3, -0.25) is 10.1 Å². The molecule has 0 amide bonds. The van der Waals surface area contributed by atoms with Crippen LogP contribution >= 0.6 is 15.9 Å². The molecule has 1 aromatic carbocycles. The third-order valence-electron chi connectivity index (χ3n) is 3.70. The van der Waals surface area contributed by atoms with E-state index >= 15 is 0 Å². The molecule has 1 saturated carbocycles. The third kappa shape index (κ3) is 3.32. The molecule has 1 fully saturated rings. The van der Waals surface area contributed by atoms with Crippen molar-refractivity contribution in [2.75, 3.05) is 13.7 Å². The maximum atomic E-state index is 11.0. The van der Waals surface area contributed by atoms with Crippen molar-refractivity contribution >= 4 is 21.6 Å². The monoisotopic (exact) mass is 328 g/mol. The second-order valence-electron chi connectivity index (χ2n) is 4.87. The first-order valence-corrected chi connectivity index (χ1v) is 7.04. The van der Waals surface area contributed by atoms with Crippen molar-refractivity contribution in [1.29, 1.82) is 0 Å². The lowest BCUT2D eigenvalue weighted by atomic mass is 9.80. The van der Waals surface area contributed by atoms with Gasteiger partial charge in [0.05, 0.1) is 10.5 Å². The Hall–Kier alpha value is -0.980. The number of hydrogen-bond donors (Lipinski definition) is 1. The SMILES string of the molecule is COC1(CNCc2ccc(Br)cc2[N+](=O)[O-])CCC1. The molecule has 0 heterocycles. The van der Waals surface area contributed by atoms with Gasteiger partial charge in [0.25, 0.3) is 5.69 Å². The Morgan fingerprint density at radius 1 is 1.53 bits per heavy atom. The van der Waals surface area contributed by atoms with Gasteiger partial charge in [0.15, 0.2) is 0 Å². The van der Waals surface area contributed by atoms with Crippen molar-refractivity contribution in [3.63, 3.8) is 0 Å². The predicted molar refractivity (Wildman–Crippen MR) is 76.1 cm³/mol. The molecular formula is C13H17BrN2O3. The van der Waals surface area contributed by atoms with Crippen LogP contribution in [-0.4, -0.2) is 24.2 Å². The molecule has 0 atom stereocenters. The standard InChI is InChI=1S/C13H17BrN2O3/c1-19-13(5-2-6-13)9-15-8-10-3-4-11(14)7-12(10)16(17)18/h3-4,7,15H,2,5-6,8-9H2,1H3. The zero-order valence-corrected chi connectivity index (χ0v) is 12.4. The van der Waals surface area contributed by atoms with Crippen LogP contribution in [0.5, 0.6) is 0 Å². The molecule has 0 saturated heterocycles. The Balaban J connectivity index is 1.97. The third-order valence-corrected chi connectivity index (χ3v) is 4.20. The molecule has 0 bridgehead atoms. The summed E-state index contributed by atoms with van der Waals surface area (Å²) in [5.41, 5.74) is 0.769. The maximum absolute atomic E-state index is 11.0. The van der Waals surface area contributed by atoms with E-state index in [0.29, 0.717) is 12.1 Å². The van der Waals surface area contributed by atoms with Gasteiger partial charge in [-0.15, -0.1) is 0 Å². The molecule has 1 aromatic rings. The normalized spacial score (nSPS) is 16.9. The van der Waals surface area contributed by atoms with Gasteiger partial charge in [0.2, 0.25) is 0 Å². The molecule has 6 heteroatoms. The van der Waals surface area contributed by atoms with E-state index in [2.05, 4.69) is 21.2 Å². The highest BCUT2D eigenvalue weighted by molar-refractivity contribution is 9.10. The number of hydrogen-bond acceptors (Lipinski definition) is 4. The Kier molecular flexibility index (Phi) is 4.54. The highest BCUT2D eigenvalue weighted by Crippen LogP contribution is 2.34. The van der Waals surface area contributed by atoms with E-state index in [1.54, 1.807) is 13.2 Å². The van der Waals surface area contributed by atoms with Crippen molar-refractivity contribution in [2.45, 2.75) is 31.4 Å². The van der Waals surface area contributed by atoms with Crippen LogP contribution in [0, 0.1) is 10.1 Å². The van der Waals surface area contributed by atoms with Crippen LogP contribution < -0.4 is 5.32 Å². The highest BCUT2D eigenvalue weighted by atomic mass is 79.9. The molecule has 104 valence electrons. The highest BCUT2D eigenvalue weighted by Gasteiger charge is 2.36. The number of nitro benzene ring substituents is 1. The van der Waals surface area contributed by atoms with Crippen LogP contribution in [0.4, 0.5) is 5.69 Å². The van der Waals surface area contributed by atoms with Gasteiger partial charge in [0.1, 0.15) is 0 Å². The summed E-state index contributed by atoms with van der Waals surface area (Å²) in [5, 5.41) is 14.3. The lowest BCUT2D eigenvalue weighted by Gasteiger charge is -2.40. The van der Waals surface area contributed by atoms with Crippen LogP contribution in [0.3, 0.4) is 0 Å². The van der Waals surface area contributed by atoms with Gasteiger partial charge in [-0.2, -0.15) is 0 Å². The van der Waals surface area contributed by atoms with E-state index in [4.69, 9.17) is 4.74 Å². The molecule has 1 N–H and O–H groups in total. The number of nitro groups is 1. The Bertz CT molecular complexity index is 469. The van der Waals surface area contributed by atoms with E-state index in [1.807, 2.05) is 6.07 Å². The van der Waals surface area contributed by atoms with Crippen molar-refractivity contribution < 1.29 is 9.66 Å².